The van der Waals surface area contributed by atoms with Crippen LogP contribution in [0, 0.1) is 0 Å². The van der Waals surface area contributed by atoms with Crippen LogP contribution in [0.4, 0.5) is 0 Å². The van der Waals surface area contributed by atoms with Crippen molar-refractivity contribution in [3.05, 3.63) is 64.6 Å². The summed E-state index contributed by atoms with van der Waals surface area (Å²) in [6.45, 7) is 4.27. The molecule has 0 aliphatic carbocycles. The van der Waals surface area contributed by atoms with Crippen molar-refractivity contribution in [2.75, 3.05) is 7.11 Å². The summed E-state index contributed by atoms with van der Waals surface area (Å²) in [6.07, 6.45) is 8.84. The molecule has 1 aliphatic rings. The lowest BCUT2D eigenvalue weighted by atomic mass is 10.1. The van der Waals surface area contributed by atoms with Gasteiger partial charge < -0.3 is 14.6 Å². The SMILES string of the molecule is CCCCCCC[C@@H](C)Oc1ccc(/C=C2/SC(=S)N([C@H](C(=O)O)c3ccccc3)C2=O)cc1OC. The topological polar surface area (TPSA) is 76.1 Å². The third-order valence-electron chi connectivity index (χ3n) is 5.96. The molecule has 0 aromatic heterocycles. The summed E-state index contributed by atoms with van der Waals surface area (Å²) < 4.78 is 11.9. The molecule has 1 saturated heterocycles. The van der Waals surface area contributed by atoms with Crippen LogP contribution in [0.5, 0.6) is 11.5 Å². The van der Waals surface area contributed by atoms with E-state index in [0.29, 0.717) is 22.0 Å². The zero-order valence-electron chi connectivity index (χ0n) is 20.9. The fourth-order valence-electron chi connectivity index (χ4n) is 4.07. The lowest BCUT2D eigenvalue weighted by Crippen LogP contribution is -2.37. The molecule has 8 heteroatoms. The van der Waals surface area contributed by atoms with Crippen molar-refractivity contribution in [3.8, 4) is 11.5 Å². The van der Waals surface area contributed by atoms with Gasteiger partial charge in [0.2, 0.25) is 0 Å². The number of thiocarbonyl (C=S) groups is 1. The number of hydrogen-bond donors (Lipinski definition) is 1. The highest BCUT2D eigenvalue weighted by atomic mass is 32.2. The number of carbonyl (C=O) groups excluding carboxylic acids is 1. The van der Waals surface area contributed by atoms with Gasteiger partial charge in [-0.25, -0.2) is 4.79 Å². The summed E-state index contributed by atoms with van der Waals surface area (Å²) in [5, 5.41) is 9.85. The van der Waals surface area contributed by atoms with Crippen LogP contribution in [0.25, 0.3) is 6.08 Å². The number of hydrogen-bond acceptors (Lipinski definition) is 6. The first-order valence-corrected chi connectivity index (χ1v) is 13.5. The Morgan fingerprint density at radius 3 is 2.50 bits per heavy atom. The molecular weight excluding hydrogens is 494 g/mol. The highest BCUT2D eigenvalue weighted by molar-refractivity contribution is 8.26. The zero-order chi connectivity index (χ0) is 26.1. The monoisotopic (exact) mass is 527 g/mol. The van der Waals surface area contributed by atoms with Gasteiger partial charge in [-0.1, -0.05) is 93.0 Å². The first-order chi connectivity index (χ1) is 17.3. The van der Waals surface area contributed by atoms with E-state index in [1.165, 1.54) is 30.6 Å². The normalized spacial score (nSPS) is 16.3. The maximum Gasteiger partial charge on any atom is 0.331 e. The van der Waals surface area contributed by atoms with Crippen LogP contribution < -0.4 is 9.47 Å². The number of thioether (sulfide) groups is 1. The standard InChI is InChI=1S/C28H33NO5S2/c1-4-5-6-7-9-12-19(2)34-22-16-15-20(17-23(22)33-3)18-24-26(30)29(28(35)36-24)25(27(31)32)21-13-10-8-11-14-21/h8,10-11,13-19,25H,4-7,9,12H2,1-3H3,(H,31,32)/b24-18+/t19-,25+/m1/s1. The molecule has 0 spiro atoms. The van der Waals surface area contributed by atoms with Crippen molar-refractivity contribution in [3.63, 3.8) is 0 Å². The van der Waals surface area contributed by atoms with Crippen molar-refractivity contribution in [1.29, 1.82) is 0 Å². The van der Waals surface area contributed by atoms with E-state index in [1.807, 2.05) is 18.2 Å². The number of carboxylic acid groups (broad SMARTS) is 1. The van der Waals surface area contributed by atoms with E-state index in [1.54, 1.807) is 43.5 Å². The number of amides is 1. The summed E-state index contributed by atoms with van der Waals surface area (Å²) in [4.78, 5) is 26.8. The first-order valence-electron chi connectivity index (χ1n) is 12.2. The molecule has 6 nitrogen and oxygen atoms in total. The number of unbranched alkanes of at least 4 members (excludes halogenated alkanes) is 4. The van der Waals surface area contributed by atoms with Crippen LogP contribution in [0.3, 0.4) is 0 Å². The number of aliphatic carboxylic acids is 1. The molecule has 0 radical (unpaired) electrons. The van der Waals surface area contributed by atoms with Crippen molar-refractivity contribution in [2.45, 2.75) is 64.5 Å². The molecule has 1 N–H and O–H groups in total. The third kappa shape index (κ3) is 7.11. The highest BCUT2D eigenvalue weighted by Gasteiger charge is 2.41. The minimum Gasteiger partial charge on any atom is -0.493 e. The van der Waals surface area contributed by atoms with Gasteiger partial charge >= 0.3 is 5.97 Å². The molecule has 1 fully saturated rings. The van der Waals surface area contributed by atoms with E-state index in [0.717, 1.165) is 30.2 Å². The van der Waals surface area contributed by atoms with Gasteiger partial charge in [0.25, 0.3) is 5.91 Å². The van der Waals surface area contributed by atoms with Crippen molar-refractivity contribution >= 4 is 46.3 Å². The quantitative estimate of drug-likeness (QED) is 0.173. The zero-order valence-corrected chi connectivity index (χ0v) is 22.6. The lowest BCUT2D eigenvalue weighted by Gasteiger charge is -2.23. The maximum absolute atomic E-state index is 13.2. The predicted molar refractivity (Wildman–Crippen MR) is 148 cm³/mol. The Labute approximate surface area is 222 Å². The van der Waals surface area contributed by atoms with Gasteiger partial charge in [0, 0.05) is 0 Å². The van der Waals surface area contributed by atoms with Crippen molar-refractivity contribution < 1.29 is 24.2 Å². The Morgan fingerprint density at radius 1 is 1.11 bits per heavy atom. The lowest BCUT2D eigenvalue weighted by molar-refractivity contribution is -0.145. The molecule has 2 aromatic carbocycles. The summed E-state index contributed by atoms with van der Waals surface area (Å²) >= 11 is 6.49. The van der Waals surface area contributed by atoms with Gasteiger partial charge in [0.05, 0.1) is 18.1 Å². The van der Waals surface area contributed by atoms with E-state index in [4.69, 9.17) is 21.7 Å². The second-order valence-corrected chi connectivity index (χ2v) is 10.4. The Morgan fingerprint density at radius 2 is 1.83 bits per heavy atom. The number of carbonyl (C=O) groups is 2. The molecule has 192 valence electrons. The first kappa shape index (κ1) is 27.7. The molecule has 1 aliphatic heterocycles. The van der Waals surface area contributed by atoms with Gasteiger partial charge in [-0.2, -0.15) is 0 Å². The van der Waals surface area contributed by atoms with Crippen LogP contribution >= 0.6 is 24.0 Å². The van der Waals surface area contributed by atoms with Gasteiger partial charge in [0.1, 0.15) is 4.32 Å². The molecule has 0 saturated carbocycles. The summed E-state index contributed by atoms with van der Waals surface area (Å²) in [6, 6.07) is 12.9. The highest BCUT2D eigenvalue weighted by Crippen LogP contribution is 2.39. The van der Waals surface area contributed by atoms with E-state index in [2.05, 4.69) is 13.8 Å². The number of nitrogens with zero attached hydrogens (tertiary/aromatic N) is 1. The van der Waals surface area contributed by atoms with Crippen LogP contribution in [0.2, 0.25) is 0 Å². The van der Waals surface area contributed by atoms with Crippen LogP contribution in [-0.4, -0.2) is 39.4 Å². The van der Waals surface area contributed by atoms with Gasteiger partial charge in [-0.15, -0.1) is 0 Å². The van der Waals surface area contributed by atoms with E-state index >= 15 is 0 Å². The molecule has 2 atom stereocenters. The smallest absolute Gasteiger partial charge is 0.331 e. The van der Waals surface area contributed by atoms with Gasteiger partial charge in [-0.3, -0.25) is 9.69 Å². The fourth-order valence-corrected chi connectivity index (χ4v) is 5.39. The van der Waals surface area contributed by atoms with E-state index in [9.17, 15) is 14.7 Å². The summed E-state index contributed by atoms with van der Waals surface area (Å²) in [5.41, 5.74) is 1.23. The van der Waals surface area contributed by atoms with E-state index < -0.39 is 17.9 Å². The number of benzene rings is 2. The molecule has 0 unspecified atom stereocenters. The Hall–Kier alpha value is -2.84. The minimum atomic E-state index is -1.18. The Balaban J connectivity index is 1.73. The van der Waals surface area contributed by atoms with Crippen LogP contribution in [0.15, 0.2) is 53.4 Å². The van der Waals surface area contributed by atoms with Crippen molar-refractivity contribution in [2.24, 2.45) is 0 Å². The Bertz CT molecular complexity index is 1100. The Kier molecular flexibility index (Phi) is 10.4. The molecule has 2 aromatic rings. The van der Waals surface area contributed by atoms with E-state index in [-0.39, 0.29) is 10.4 Å². The molecule has 1 heterocycles. The minimum absolute atomic E-state index is 0.0635. The molecule has 0 bridgehead atoms. The number of methoxy groups -OCH3 is 1. The summed E-state index contributed by atoms with van der Waals surface area (Å²) in [7, 11) is 1.58. The fraction of sp³-hybridized carbons (Fsp3) is 0.393. The number of rotatable bonds is 13. The largest absolute Gasteiger partial charge is 0.493 e. The third-order valence-corrected chi connectivity index (χ3v) is 7.29. The van der Waals surface area contributed by atoms with Crippen LogP contribution in [-0.2, 0) is 9.59 Å². The molecule has 3 rings (SSSR count). The number of ether oxygens (including phenoxy) is 2. The predicted octanol–water partition coefficient (Wildman–Crippen LogP) is 6.85. The second-order valence-electron chi connectivity index (χ2n) is 8.74. The van der Waals surface area contributed by atoms with Gasteiger partial charge in [-0.05, 0) is 49.1 Å². The average Bonchev–Trinajstić information content (AvgIpc) is 3.13. The van der Waals surface area contributed by atoms with Crippen molar-refractivity contribution in [1.82, 2.24) is 4.90 Å². The van der Waals surface area contributed by atoms with Crippen LogP contribution in [0.1, 0.15) is 69.5 Å². The maximum atomic E-state index is 13.2. The number of carboxylic acids is 1. The summed E-state index contributed by atoms with van der Waals surface area (Å²) in [5.74, 6) is -0.346. The molecular formula is C28H33NO5S2. The van der Waals surface area contributed by atoms with Gasteiger partial charge in [0.15, 0.2) is 17.5 Å². The average molecular weight is 528 g/mol. The molecule has 36 heavy (non-hydrogen) atoms. The second kappa shape index (κ2) is 13.5. The molecule has 1 amide bonds.